The van der Waals surface area contributed by atoms with Gasteiger partial charge in [0.1, 0.15) is 0 Å². The van der Waals surface area contributed by atoms with Crippen molar-refractivity contribution in [3.05, 3.63) is 23.5 Å². The Balaban J connectivity index is 3.01. The molecule has 0 amide bonds. The summed E-state index contributed by atoms with van der Waals surface area (Å²) in [5, 5.41) is 0. The van der Waals surface area contributed by atoms with Crippen LogP contribution in [0.5, 0.6) is 0 Å². The molecule has 1 heterocycles. The fourth-order valence-corrected chi connectivity index (χ4v) is 3.28. The van der Waals surface area contributed by atoms with Crippen molar-refractivity contribution in [1.29, 1.82) is 0 Å². The van der Waals surface area contributed by atoms with Gasteiger partial charge in [0, 0.05) is 30.9 Å². The van der Waals surface area contributed by atoms with Crippen molar-refractivity contribution in [3.63, 3.8) is 0 Å². The molecular weight excluding hydrogens is 244 g/mol. The van der Waals surface area contributed by atoms with Gasteiger partial charge in [-0.1, -0.05) is 38.8 Å². The highest BCUT2D eigenvalue weighted by atomic mass is 15.4. The zero-order valence-corrected chi connectivity index (χ0v) is 14.6. The van der Waals surface area contributed by atoms with Gasteiger partial charge in [-0.25, -0.2) is 0 Å². The molecule has 0 saturated carbocycles. The number of hydrogen-bond acceptors (Lipinski definition) is 2. The Labute approximate surface area is 126 Å². The number of rotatable bonds is 7. The molecule has 2 nitrogen and oxygen atoms in total. The second-order valence-corrected chi connectivity index (χ2v) is 6.18. The summed E-state index contributed by atoms with van der Waals surface area (Å²) in [5.41, 5.74) is 3.03. The lowest BCUT2D eigenvalue weighted by molar-refractivity contribution is 0.145. The van der Waals surface area contributed by atoms with Crippen molar-refractivity contribution in [2.45, 2.75) is 79.4 Å². The Morgan fingerprint density at radius 1 is 1.35 bits per heavy atom. The van der Waals surface area contributed by atoms with Crippen LogP contribution >= 0.6 is 0 Å². The fraction of sp³-hybridized carbons (Fsp3) is 0.778. The first kappa shape index (κ1) is 17.1. The molecule has 0 aromatic heterocycles. The Bertz CT molecular complexity index is 356. The first-order valence-corrected chi connectivity index (χ1v) is 8.36. The van der Waals surface area contributed by atoms with E-state index < -0.39 is 0 Å². The minimum absolute atomic E-state index is 0.464. The fourth-order valence-electron chi connectivity index (χ4n) is 3.28. The molecule has 0 aromatic rings. The molecule has 0 saturated heterocycles. The van der Waals surface area contributed by atoms with Crippen LogP contribution in [-0.4, -0.2) is 29.1 Å². The normalized spacial score (nSPS) is 23.1. The van der Waals surface area contributed by atoms with Crippen molar-refractivity contribution < 1.29 is 0 Å². The molecule has 0 bridgehead atoms. The average molecular weight is 278 g/mol. The van der Waals surface area contributed by atoms with Crippen molar-refractivity contribution in [2.24, 2.45) is 5.92 Å². The van der Waals surface area contributed by atoms with E-state index in [1.165, 1.54) is 24.8 Å². The molecule has 0 radical (unpaired) electrons. The summed E-state index contributed by atoms with van der Waals surface area (Å²) in [7, 11) is 2.20. The molecule has 0 aliphatic carbocycles. The van der Waals surface area contributed by atoms with E-state index in [4.69, 9.17) is 0 Å². The Morgan fingerprint density at radius 2 is 2.00 bits per heavy atom. The minimum atomic E-state index is 0.464. The van der Waals surface area contributed by atoms with Gasteiger partial charge in [-0.05, 0) is 40.0 Å². The van der Waals surface area contributed by atoms with E-state index >= 15 is 0 Å². The third-order valence-electron chi connectivity index (χ3n) is 4.78. The molecule has 1 rings (SSSR count). The second-order valence-electron chi connectivity index (χ2n) is 6.18. The van der Waals surface area contributed by atoms with Crippen LogP contribution in [0.3, 0.4) is 0 Å². The van der Waals surface area contributed by atoms with Gasteiger partial charge in [-0.15, -0.1) is 0 Å². The Morgan fingerprint density at radius 3 is 2.50 bits per heavy atom. The number of hydrogen-bond donors (Lipinski definition) is 0. The highest BCUT2D eigenvalue weighted by molar-refractivity contribution is 5.19. The molecule has 116 valence electrons. The number of allylic oxidation sites excluding steroid dienone is 2. The Kier molecular flexibility index (Phi) is 6.64. The molecule has 0 N–H and O–H groups in total. The molecule has 1 aliphatic heterocycles. The van der Waals surface area contributed by atoms with Crippen molar-refractivity contribution in [2.75, 3.05) is 7.05 Å². The molecule has 20 heavy (non-hydrogen) atoms. The van der Waals surface area contributed by atoms with Crippen LogP contribution in [0, 0.1) is 5.92 Å². The number of nitrogens with zero attached hydrogens (tertiary/aromatic N) is 2. The summed E-state index contributed by atoms with van der Waals surface area (Å²) in [6.07, 6.45) is 10.1. The lowest BCUT2D eigenvalue weighted by Crippen LogP contribution is -2.42. The standard InChI is InChI=1S/C18H34N2/c1-8-11-14(4)15(5)20-16(6)19(7)13-18(20)17(10-3)12-9-2/h11,13,15-17H,8-10,12H2,1-7H3. The quantitative estimate of drug-likeness (QED) is 0.605. The summed E-state index contributed by atoms with van der Waals surface area (Å²) >= 11 is 0. The zero-order chi connectivity index (χ0) is 15.3. The van der Waals surface area contributed by atoms with Crippen LogP contribution in [-0.2, 0) is 0 Å². The largest absolute Gasteiger partial charge is 0.359 e. The lowest BCUT2D eigenvalue weighted by Gasteiger charge is -2.38. The van der Waals surface area contributed by atoms with E-state index in [-0.39, 0.29) is 0 Å². The van der Waals surface area contributed by atoms with E-state index in [0.717, 1.165) is 6.42 Å². The summed E-state index contributed by atoms with van der Waals surface area (Å²) in [6.45, 7) is 13.8. The summed E-state index contributed by atoms with van der Waals surface area (Å²) in [6, 6.07) is 0.493. The molecule has 0 aromatic carbocycles. The molecule has 3 atom stereocenters. The van der Waals surface area contributed by atoms with E-state index in [0.29, 0.717) is 18.1 Å². The van der Waals surface area contributed by atoms with E-state index in [2.05, 4.69) is 70.7 Å². The monoisotopic (exact) mass is 278 g/mol. The van der Waals surface area contributed by atoms with Gasteiger partial charge in [-0.2, -0.15) is 0 Å². The first-order chi connectivity index (χ1) is 9.47. The van der Waals surface area contributed by atoms with Gasteiger partial charge in [0.05, 0.1) is 6.17 Å². The van der Waals surface area contributed by atoms with E-state index in [9.17, 15) is 0 Å². The van der Waals surface area contributed by atoms with Crippen molar-refractivity contribution in [3.8, 4) is 0 Å². The predicted octanol–water partition coefficient (Wildman–Crippen LogP) is 4.99. The molecule has 1 aliphatic rings. The third kappa shape index (κ3) is 3.59. The predicted molar refractivity (Wildman–Crippen MR) is 89.3 cm³/mol. The van der Waals surface area contributed by atoms with Crippen molar-refractivity contribution in [1.82, 2.24) is 9.80 Å². The van der Waals surface area contributed by atoms with E-state index in [1.54, 1.807) is 5.70 Å². The van der Waals surface area contributed by atoms with Crippen LogP contribution < -0.4 is 0 Å². The molecular formula is C18H34N2. The van der Waals surface area contributed by atoms with Gasteiger partial charge in [0.25, 0.3) is 0 Å². The van der Waals surface area contributed by atoms with Crippen molar-refractivity contribution >= 4 is 0 Å². The molecule has 0 spiro atoms. The highest BCUT2D eigenvalue weighted by Gasteiger charge is 2.33. The minimum Gasteiger partial charge on any atom is -0.359 e. The first-order valence-electron chi connectivity index (χ1n) is 8.36. The van der Waals surface area contributed by atoms with Crippen LogP contribution in [0.15, 0.2) is 23.5 Å². The van der Waals surface area contributed by atoms with Gasteiger partial charge in [0.2, 0.25) is 0 Å². The van der Waals surface area contributed by atoms with Crippen LogP contribution in [0.2, 0.25) is 0 Å². The zero-order valence-electron chi connectivity index (χ0n) is 14.6. The molecule has 2 heteroatoms. The van der Waals surface area contributed by atoms with Gasteiger partial charge >= 0.3 is 0 Å². The van der Waals surface area contributed by atoms with Crippen LogP contribution in [0.4, 0.5) is 0 Å². The van der Waals surface area contributed by atoms with Gasteiger partial charge in [0.15, 0.2) is 0 Å². The van der Waals surface area contributed by atoms with Crippen LogP contribution in [0.1, 0.15) is 67.2 Å². The summed E-state index contributed by atoms with van der Waals surface area (Å²) < 4.78 is 0. The van der Waals surface area contributed by atoms with E-state index in [1.807, 2.05) is 0 Å². The topological polar surface area (TPSA) is 6.48 Å². The summed E-state index contributed by atoms with van der Waals surface area (Å²) in [5.74, 6) is 0.698. The highest BCUT2D eigenvalue weighted by Crippen LogP contribution is 2.34. The third-order valence-corrected chi connectivity index (χ3v) is 4.78. The summed E-state index contributed by atoms with van der Waals surface area (Å²) in [4.78, 5) is 4.99. The smallest absolute Gasteiger partial charge is 0.0983 e. The Hall–Kier alpha value is -0.920. The van der Waals surface area contributed by atoms with Crippen LogP contribution in [0.25, 0.3) is 0 Å². The lowest BCUT2D eigenvalue weighted by atomic mass is 9.95. The maximum Gasteiger partial charge on any atom is 0.0983 e. The molecule has 3 unspecified atom stereocenters. The second kappa shape index (κ2) is 7.75. The molecule has 0 fully saturated rings. The average Bonchev–Trinajstić information content (AvgIpc) is 2.71. The SMILES string of the molecule is CCC=C(C)C(C)N1C(C(CC)CCC)=CN(C)C1C. The van der Waals surface area contributed by atoms with Gasteiger partial charge in [-0.3, -0.25) is 0 Å². The maximum atomic E-state index is 2.63. The van der Waals surface area contributed by atoms with Gasteiger partial charge < -0.3 is 9.80 Å². The maximum absolute atomic E-state index is 2.63.